The molecular weight excluding hydrogens is 757 g/mol. The predicted molar refractivity (Wildman–Crippen MR) is 263 cm³/mol. The van der Waals surface area contributed by atoms with Crippen molar-refractivity contribution in [1.29, 1.82) is 0 Å². The van der Waals surface area contributed by atoms with Crippen LogP contribution in [0.4, 0.5) is 34.1 Å². The van der Waals surface area contributed by atoms with E-state index in [9.17, 15) is 0 Å². The highest BCUT2D eigenvalue weighted by Crippen LogP contribution is 2.50. The average molecular weight is 797 g/mol. The van der Waals surface area contributed by atoms with Gasteiger partial charge in [-0.15, -0.1) is 11.3 Å². The highest BCUT2D eigenvalue weighted by atomic mass is 32.1. The summed E-state index contributed by atoms with van der Waals surface area (Å²) >= 11 is 1.87. The van der Waals surface area contributed by atoms with Crippen LogP contribution in [0.1, 0.15) is 0 Å². The molecule has 0 N–H and O–H groups in total. The average Bonchev–Trinajstić information content (AvgIpc) is 3.70. The summed E-state index contributed by atoms with van der Waals surface area (Å²) in [5.41, 5.74) is 13.7. The van der Waals surface area contributed by atoms with E-state index in [1.807, 2.05) is 11.3 Å². The molecule has 0 aliphatic carbocycles. The Kier molecular flexibility index (Phi) is 9.42. The molecule has 0 radical (unpaired) electrons. The highest BCUT2D eigenvalue weighted by molar-refractivity contribution is 7.26. The SMILES string of the molecule is c1ccc(-c2ccc(N(c3ccccc3)c3cc(N(c4ccc(-c5ccccc5)cc4)c4cccc(-c5ccccc5)c4)c4sc5cc6ccccc6cc5c4c3)cc2)cc1. The van der Waals surface area contributed by atoms with Crippen molar-refractivity contribution in [1.82, 2.24) is 0 Å². The van der Waals surface area contributed by atoms with Crippen molar-refractivity contribution >= 4 is 76.4 Å². The van der Waals surface area contributed by atoms with Gasteiger partial charge >= 0.3 is 0 Å². The third-order valence-electron chi connectivity index (χ3n) is 11.6. The van der Waals surface area contributed by atoms with Gasteiger partial charge in [0.25, 0.3) is 0 Å². The Morgan fingerprint density at radius 1 is 0.262 bits per heavy atom. The van der Waals surface area contributed by atoms with Gasteiger partial charge in [0, 0.05) is 43.9 Å². The van der Waals surface area contributed by atoms with Gasteiger partial charge in [-0.25, -0.2) is 0 Å². The Hall–Kier alpha value is -7.72. The highest BCUT2D eigenvalue weighted by Gasteiger charge is 2.23. The molecule has 288 valence electrons. The minimum absolute atomic E-state index is 1.08. The number of nitrogens with zero attached hydrogens (tertiary/aromatic N) is 2. The minimum Gasteiger partial charge on any atom is -0.310 e. The third-order valence-corrected chi connectivity index (χ3v) is 12.8. The summed E-state index contributed by atoms with van der Waals surface area (Å²) in [7, 11) is 0. The van der Waals surface area contributed by atoms with Gasteiger partial charge in [0.1, 0.15) is 0 Å². The number of rotatable bonds is 9. The molecule has 11 rings (SSSR count). The molecule has 0 unspecified atom stereocenters. The Morgan fingerprint density at radius 2 is 0.705 bits per heavy atom. The van der Waals surface area contributed by atoms with Crippen molar-refractivity contribution in [3.05, 3.63) is 243 Å². The van der Waals surface area contributed by atoms with Gasteiger partial charge in [-0.2, -0.15) is 0 Å². The first-order valence-electron chi connectivity index (χ1n) is 20.7. The number of thiophene rings is 1. The zero-order chi connectivity index (χ0) is 40.5. The zero-order valence-corrected chi connectivity index (χ0v) is 34.2. The molecule has 0 spiro atoms. The van der Waals surface area contributed by atoms with Gasteiger partial charge in [-0.05, 0) is 117 Å². The van der Waals surface area contributed by atoms with Gasteiger partial charge in [0.15, 0.2) is 0 Å². The molecule has 0 aliphatic heterocycles. The molecule has 0 bridgehead atoms. The summed E-state index contributed by atoms with van der Waals surface area (Å²) < 4.78 is 2.50. The molecule has 0 aliphatic rings. The van der Waals surface area contributed by atoms with Crippen LogP contribution in [-0.2, 0) is 0 Å². The van der Waals surface area contributed by atoms with Crippen molar-refractivity contribution < 1.29 is 0 Å². The molecule has 11 aromatic rings. The van der Waals surface area contributed by atoms with Crippen LogP contribution in [0.2, 0.25) is 0 Å². The Bertz CT molecular complexity index is 3270. The molecule has 0 saturated carbocycles. The van der Waals surface area contributed by atoms with Crippen molar-refractivity contribution in [3.8, 4) is 33.4 Å². The number of para-hydroxylation sites is 1. The molecule has 61 heavy (non-hydrogen) atoms. The standard InChI is InChI=1S/C58H40N2S/c1-5-16-41(17-6-1)44-28-32-50(33-29-44)59(49-25-11-4-12-26-49)53-39-55-54-37-47-22-13-14-23-48(47)38-57(54)61-58(55)56(40-53)60(51-34-30-45(31-35-51)42-18-7-2-8-19-42)52-27-15-24-46(36-52)43-20-9-3-10-21-43/h1-40H. The smallest absolute Gasteiger partial charge is 0.0661 e. The lowest BCUT2D eigenvalue weighted by atomic mass is 10.0. The second kappa shape index (κ2) is 15.8. The number of hydrogen-bond acceptors (Lipinski definition) is 3. The number of benzene rings is 10. The fourth-order valence-corrected chi connectivity index (χ4v) is 9.82. The Balaban J connectivity index is 1.18. The first-order valence-corrected chi connectivity index (χ1v) is 21.6. The topological polar surface area (TPSA) is 6.48 Å². The van der Waals surface area contributed by atoms with Gasteiger partial charge in [-0.3, -0.25) is 0 Å². The van der Waals surface area contributed by atoms with E-state index in [0.717, 1.165) is 34.1 Å². The van der Waals surface area contributed by atoms with Crippen molar-refractivity contribution in [2.24, 2.45) is 0 Å². The van der Waals surface area contributed by atoms with Crippen LogP contribution in [-0.4, -0.2) is 0 Å². The van der Waals surface area contributed by atoms with E-state index in [0.29, 0.717) is 0 Å². The summed E-state index contributed by atoms with van der Waals surface area (Å²) in [6.45, 7) is 0. The zero-order valence-electron chi connectivity index (χ0n) is 33.4. The lowest BCUT2D eigenvalue weighted by Crippen LogP contribution is -2.13. The van der Waals surface area contributed by atoms with Gasteiger partial charge in [-0.1, -0.05) is 170 Å². The summed E-state index contributed by atoms with van der Waals surface area (Å²) in [4.78, 5) is 4.86. The first kappa shape index (κ1) is 36.4. The predicted octanol–water partition coefficient (Wildman–Crippen LogP) is 17.1. The molecular formula is C58H40N2S. The van der Waals surface area contributed by atoms with Gasteiger partial charge in [0.05, 0.1) is 10.4 Å². The lowest BCUT2D eigenvalue weighted by Gasteiger charge is -2.30. The molecule has 0 amide bonds. The minimum atomic E-state index is 1.08. The largest absolute Gasteiger partial charge is 0.310 e. The second-order valence-corrected chi connectivity index (χ2v) is 16.4. The van der Waals surface area contributed by atoms with E-state index in [1.165, 1.54) is 64.3 Å². The fraction of sp³-hybridized carbons (Fsp3) is 0. The van der Waals surface area contributed by atoms with Crippen LogP contribution >= 0.6 is 11.3 Å². The quantitative estimate of drug-likeness (QED) is 0.144. The van der Waals surface area contributed by atoms with Crippen molar-refractivity contribution in [2.75, 3.05) is 9.80 Å². The Labute approximate surface area is 360 Å². The molecule has 10 aromatic carbocycles. The normalized spacial score (nSPS) is 11.3. The molecule has 3 heteroatoms. The molecule has 1 aromatic heterocycles. The van der Waals surface area contributed by atoms with Gasteiger partial charge in [0.2, 0.25) is 0 Å². The summed E-state index contributed by atoms with van der Waals surface area (Å²) in [6.07, 6.45) is 0. The lowest BCUT2D eigenvalue weighted by molar-refractivity contribution is 1.26. The maximum Gasteiger partial charge on any atom is 0.0661 e. The Morgan fingerprint density at radius 3 is 1.30 bits per heavy atom. The maximum atomic E-state index is 2.46. The number of fused-ring (bicyclic) bond motifs is 4. The van der Waals surface area contributed by atoms with E-state index >= 15 is 0 Å². The van der Waals surface area contributed by atoms with Crippen LogP contribution in [0.15, 0.2) is 243 Å². The van der Waals surface area contributed by atoms with Crippen LogP contribution in [0.5, 0.6) is 0 Å². The molecule has 2 nitrogen and oxygen atoms in total. The van der Waals surface area contributed by atoms with E-state index in [2.05, 4.69) is 252 Å². The van der Waals surface area contributed by atoms with Crippen LogP contribution in [0, 0.1) is 0 Å². The van der Waals surface area contributed by atoms with Gasteiger partial charge < -0.3 is 9.80 Å². The van der Waals surface area contributed by atoms with Crippen LogP contribution in [0.25, 0.3) is 64.3 Å². The monoisotopic (exact) mass is 796 g/mol. The maximum absolute atomic E-state index is 2.46. The van der Waals surface area contributed by atoms with Crippen LogP contribution < -0.4 is 9.80 Å². The summed E-state index contributed by atoms with van der Waals surface area (Å²) in [6, 6.07) is 87.9. The van der Waals surface area contributed by atoms with Crippen LogP contribution in [0.3, 0.4) is 0 Å². The molecule has 1 heterocycles. The molecule has 0 saturated heterocycles. The molecule has 0 atom stereocenters. The number of anilines is 6. The van der Waals surface area contributed by atoms with E-state index < -0.39 is 0 Å². The fourth-order valence-electron chi connectivity index (χ4n) is 8.60. The van der Waals surface area contributed by atoms with Crippen molar-refractivity contribution in [3.63, 3.8) is 0 Å². The second-order valence-electron chi connectivity index (χ2n) is 15.4. The number of hydrogen-bond donors (Lipinski definition) is 0. The molecule has 0 fully saturated rings. The first-order chi connectivity index (χ1) is 30.2. The van der Waals surface area contributed by atoms with Crippen molar-refractivity contribution in [2.45, 2.75) is 0 Å². The van der Waals surface area contributed by atoms with E-state index in [4.69, 9.17) is 0 Å². The van der Waals surface area contributed by atoms with E-state index in [-0.39, 0.29) is 0 Å². The summed E-state index contributed by atoms with van der Waals surface area (Å²) in [5.74, 6) is 0. The third kappa shape index (κ3) is 7.01. The van der Waals surface area contributed by atoms with E-state index in [1.54, 1.807) is 0 Å². The summed E-state index contributed by atoms with van der Waals surface area (Å²) in [5, 5.41) is 4.97.